The van der Waals surface area contributed by atoms with Crippen LogP contribution in [0.25, 0.3) is 0 Å². The van der Waals surface area contributed by atoms with Crippen molar-refractivity contribution in [2.45, 2.75) is 50.4 Å². The predicted molar refractivity (Wildman–Crippen MR) is 102 cm³/mol. The summed E-state index contributed by atoms with van der Waals surface area (Å²) in [5.41, 5.74) is 0. The highest BCUT2D eigenvalue weighted by Crippen LogP contribution is 2.38. The number of hydrogen-bond donors (Lipinski definition) is 0. The first-order valence-electron chi connectivity index (χ1n) is 9.58. The summed E-state index contributed by atoms with van der Waals surface area (Å²) in [4.78, 5) is 14.5. The molecule has 0 bridgehead atoms. The molecule has 4 rings (SSSR count). The van der Waals surface area contributed by atoms with Crippen LogP contribution in [-0.2, 0) is 4.79 Å². The molecule has 6 heteroatoms. The number of nitrogens with zero attached hydrogens (tertiary/aromatic N) is 3. The number of ether oxygens (including phenoxy) is 1. The van der Waals surface area contributed by atoms with E-state index in [0.717, 1.165) is 36.7 Å². The third-order valence-corrected chi connectivity index (χ3v) is 6.64. The summed E-state index contributed by atoms with van der Waals surface area (Å²) in [7, 11) is 0. The Morgan fingerprint density at radius 3 is 2.50 bits per heavy atom. The number of piperidine rings is 1. The molecule has 1 aromatic carbocycles. The molecule has 1 aromatic heterocycles. The van der Waals surface area contributed by atoms with Crippen LogP contribution >= 0.6 is 11.3 Å². The molecule has 1 atom stereocenters. The number of likely N-dealkylation sites (tertiary alicyclic amines) is 1. The van der Waals surface area contributed by atoms with Gasteiger partial charge in [0.2, 0.25) is 0 Å². The fourth-order valence-corrected chi connectivity index (χ4v) is 5.05. The second-order valence-electron chi connectivity index (χ2n) is 7.24. The first-order valence-corrected chi connectivity index (χ1v) is 10.4. The highest BCUT2D eigenvalue weighted by Gasteiger charge is 2.29. The van der Waals surface area contributed by atoms with E-state index in [0.29, 0.717) is 11.8 Å². The number of para-hydroxylation sites is 1. The lowest BCUT2D eigenvalue weighted by Gasteiger charge is -2.31. The number of rotatable bonds is 5. The van der Waals surface area contributed by atoms with Crippen LogP contribution in [0.1, 0.15) is 60.4 Å². The van der Waals surface area contributed by atoms with Crippen LogP contribution < -0.4 is 4.74 Å². The Kier molecular flexibility index (Phi) is 5.48. The van der Waals surface area contributed by atoms with Gasteiger partial charge in [0.05, 0.1) is 0 Å². The van der Waals surface area contributed by atoms with Crippen LogP contribution in [0, 0.1) is 0 Å². The first-order chi connectivity index (χ1) is 12.8. The number of aromatic nitrogens is 2. The highest BCUT2D eigenvalue weighted by molar-refractivity contribution is 7.11. The summed E-state index contributed by atoms with van der Waals surface area (Å²) in [6.07, 6.45) is 7.23. The SMILES string of the molecule is O=C(COc1ccccc1)N1CCCC(c2nnc(C3CCCC3)s2)C1. The Hall–Kier alpha value is -1.95. The lowest BCUT2D eigenvalue weighted by Crippen LogP contribution is -2.41. The molecule has 26 heavy (non-hydrogen) atoms. The Morgan fingerprint density at radius 2 is 1.73 bits per heavy atom. The summed E-state index contributed by atoms with van der Waals surface area (Å²) in [6, 6.07) is 9.50. The van der Waals surface area contributed by atoms with E-state index in [2.05, 4.69) is 10.2 Å². The summed E-state index contributed by atoms with van der Waals surface area (Å²) in [5, 5.41) is 11.2. The van der Waals surface area contributed by atoms with Gasteiger partial charge in [-0.3, -0.25) is 4.79 Å². The zero-order valence-corrected chi connectivity index (χ0v) is 15.8. The molecular formula is C20H25N3O2S. The van der Waals surface area contributed by atoms with Crippen molar-refractivity contribution in [2.75, 3.05) is 19.7 Å². The van der Waals surface area contributed by atoms with Crippen LogP contribution in [0.5, 0.6) is 5.75 Å². The molecule has 0 N–H and O–H groups in total. The van der Waals surface area contributed by atoms with E-state index in [1.54, 1.807) is 11.3 Å². The number of benzene rings is 1. The average molecular weight is 372 g/mol. The Morgan fingerprint density at radius 1 is 1.04 bits per heavy atom. The van der Waals surface area contributed by atoms with E-state index in [4.69, 9.17) is 4.74 Å². The van der Waals surface area contributed by atoms with Crippen LogP contribution in [0.2, 0.25) is 0 Å². The van der Waals surface area contributed by atoms with Crippen molar-refractivity contribution in [1.29, 1.82) is 0 Å². The van der Waals surface area contributed by atoms with Crippen LogP contribution in [-0.4, -0.2) is 40.7 Å². The normalized spacial score (nSPS) is 21.1. The van der Waals surface area contributed by atoms with Gasteiger partial charge in [-0.05, 0) is 37.8 Å². The smallest absolute Gasteiger partial charge is 0.260 e. The average Bonchev–Trinajstić information content (AvgIpc) is 3.38. The highest BCUT2D eigenvalue weighted by atomic mass is 32.1. The minimum absolute atomic E-state index is 0.0547. The minimum atomic E-state index is 0.0547. The molecular weight excluding hydrogens is 346 g/mol. The second kappa shape index (κ2) is 8.16. The molecule has 0 spiro atoms. The molecule has 2 fully saturated rings. The van der Waals surface area contributed by atoms with Gasteiger partial charge in [0.1, 0.15) is 15.8 Å². The van der Waals surface area contributed by atoms with Crippen molar-refractivity contribution in [3.63, 3.8) is 0 Å². The van der Waals surface area contributed by atoms with Crippen molar-refractivity contribution in [2.24, 2.45) is 0 Å². The second-order valence-corrected chi connectivity index (χ2v) is 8.28. The van der Waals surface area contributed by atoms with E-state index in [1.807, 2.05) is 35.2 Å². The monoisotopic (exact) mass is 371 g/mol. The van der Waals surface area contributed by atoms with E-state index < -0.39 is 0 Å². The fourth-order valence-electron chi connectivity index (χ4n) is 3.91. The van der Waals surface area contributed by atoms with Gasteiger partial charge in [-0.25, -0.2) is 0 Å². The van der Waals surface area contributed by atoms with E-state index in [9.17, 15) is 4.79 Å². The number of amides is 1. The van der Waals surface area contributed by atoms with Crippen molar-refractivity contribution in [3.8, 4) is 5.75 Å². The Labute approximate surface area is 158 Å². The van der Waals surface area contributed by atoms with Crippen LogP contribution in [0.4, 0.5) is 0 Å². The molecule has 2 aliphatic rings. The molecule has 1 saturated heterocycles. The van der Waals surface area contributed by atoms with E-state index >= 15 is 0 Å². The van der Waals surface area contributed by atoms with Gasteiger partial charge in [0, 0.05) is 24.9 Å². The molecule has 1 aliphatic carbocycles. The zero-order chi connectivity index (χ0) is 17.8. The van der Waals surface area contributed by atoms with Gasteiger partial charge in [0.15, 0.2) is 6.61 Å². The summed E-state index contributed by atoms with van der Waals surface area (Å²) in [5.74, 6) is 1.72. The topological polar surface area (TPSA) is 55.3 Å². The number of hydrogen-bond acceptors (Lipinski definition) is 5. The molecule has 138 valence electrons. The summed E-state index contributed by atoms with van der Waals surface area (Å²) in [6.45, 7) is 1.64. The maximum Gasteiger partial charge on any atom is 0.260 e. The molecule has 1 aliphatic heterocycles. The van der Waals surface area contributed by atoms with Crippen LogP contribution in [0.3, 0.4) is 0 Å². The molecule has 2 heterocycles. The van der Waals surface area contributed by atoms with Gasteiger partial charge >= 0.3 is 0 Å². The largest absolute Gasteiger partial charge is 0.484 e. The van der Waals surface area contributed by atoms with Gasteiger partial charge in [0.25, 0.3) is 5.91 Å². The van der Waals surface area contributed by atoms with Crippen molar-refractivity contribution in [3.05, 3.63) is 40.3 Å². The third-order valence-electron chi connectivity index (χ3n) is 5.39. The molecule has 1 saturated carbocycles. The first kappa shape index (κ1) is 17.5. The van der Waals surface area contributed by atoms with Gasteiger partial charge < -0.3 is 9.64 Å². The van der Waals surface area contributed by atoms with Crippen LogP contribution in [0.15, 0.2) is 30.3 Å². The molecule has 2 aromatic rings. The predicted octanol–water partition coefficient (Wildman–Crippen LogP) is 3.98. The van der Waals surface area contributed by atoms with Crippen molar-refractivity contribution in [1.82, 2.24) is 15.1 Å². The quantitative estimate of drug-likeness (QED) is 0.798. The third kappa shape index (κ3) is 4.06. The maximum absolute atomic E-state index is 12.5. The van der Waals surface area contributed by atoms with Crippen molar-refractivity contribution < 1.29 is 9.53 Å². The minimum Gasteiger partial charge on any atom is -0.484 e. The number of carbonyl (C=O) groups is 1. The molecule has 0 radical (unpaired) electrons. The molecule has 5 nitrogen and oxygen atoms in total. The fraction of sp³-hybridized carbons (Fsp3) is 0.550. The molecule has 1 amide bonds. The van der Waals surface area contributed by atoms with E-state index in [-0.39, 0.29) is 12.5 Å². The van der Waals surface area contributed by atoms with E-state index in [1.165, 1.54) is 30.7 Å². The Bertz CT molecular complexity index is 728. The summed E-state index contributed by atoms with van der Waals surface area (Å²) < 4.78 is 5.62. The number of carbonyl (C=O) groups excluding carboxylic acids is 1. The van der Waals surface area contributed by atoms with Gasteiger partial charge in [-0.15, -0.1) is 21.5 Å². The lowest BCUT2D eigenvalue weighted by molar-refractivity contribution is -0.134. The molecule has 1 unspecified atom stereocenters. The lowest BCUT2D eigenvalue weighted by atomic mass is 9.99. The standard InChI is InChI=1S/C20H25N3O2S/c24-18(14-25-17-10-2-1-3-11-17)23-12-6-9-16(13-23)20-22-21-19(26-20)15-7-4-5-8-15/h1-3,10-11,15-16H,4-9,12-14H2. The van der Waals surface area contributed by atoms with Gasteiger partial charge in [-0.1, -0.05) is 31.0 Å². The van der Waals surface area contributed by atoms with Gasteiger partial charge in [-0.2, -0.15) is 0 Å². The maximum atomic E-state index is 12.5. The zero-order valence-electron chi connectivity index (χ0n) is 15.0. The van der Waals surface area contributed by atoms with Crippen molar-refractivity contribution >= 4 is 17.2 Å². The Balaban J connectivity index is 1.34. The summed E-state index contributed by atoms with van der Waals surface area (Å²) >= 11 is 1.77.